The third kappa shape index (κ3) is 57.2. The summed E-state index contributed by atoms with van der Waals surface area (Å²) in [6.45, 7) is 6.71. The summed E-state index contributed by atoms with van der Waals surface area (Å²) in [5, 5.41) is 0. The first-order valence-electron chi connectivity index (χ1n) is 31.5. The first-order valence-corrected chi connectivity index (χ1v) is 31.5. The van der Waals surface area contributed by atoms with E-state index in [1.165, 1.54) is 270 Å². The van der Waals surface area contributed by atoms with Crippen LogP contribution in [0.15, 0.2) is 0 Å². The van der Waals surface area contributed by atoms with E-state index in [2.05, 4.69) is 20.8 Å². The summed E-state index contributed by atoms with van der Waals surface area (Å²) < 4.78 is 16.9. The average molecular weight is 976 g/mol. The van der Waals surface area contributed by atoms with Gasteiger partial charge < -0.3 is 14.2 Å². The van der Waals surface area contributed by atoms with Crippen LogP contribution >= 0.6 is 0 Å². The lowest BCUT2D eigenvalue weighted by molar-refractivity contribution is -0.167. The fourth-order valence-electron chi connectivity index (χ4n) is 9.86. The second-order valence-electron chi connectivity index (χ2n) is 21.7. The minimum absolute atomic E-state index is 0.0609. The summed E-state index contributed by atoms with van der Waals surface area (Å²) in [4.78, 5) is 38.2. The number of unbranched alkanes of at least 4 members (excludes halogenated alkanes) is 48. The van der Waals surface area contributed by atoms with E-state index >= 15 is 0 Å². The van der Waals surface area contributed by atoms with Crippen LogP contribution in [0.2, 0.25) is 0 Å². The minimum atomic E-state index is -0.761. The summed E-state index contributed by atoms with van der Waals surface area (Å²) >= 11 is 0. The fraction of sp³-hybridized carbons (Fsp3) is 0.952. The Morgan fingerprint density at radius 3 is 0.580 bits per heavy atom. The maximum atomic E-state index is 12.9. The maximum Gasteiger partial charge on any atom is 0.306 e. The van der Waals surface area contributed by atoms with Crippen LogP contribution in [0, 0.1) is 0 Å². The molecule has 410 valence electrons. The predicted molar refractivity (Wildman–Crippen MR) is 298 cm³/mol. The molecule has 0 saturated carbocycles. The molecule has 0 aliphatic carbocycles. The third-order valence-electron chi connectivity index (χ3n) is 14.6. The van der Waals surface area contributed by atoms with Crippen molar-refractivity contribution in [2.45, 2.75) is 374 Å². The lowest BCUT2D eigenvalue weighted by atomic mass is 10.0. The van der Waals surface area contributed by atoms with E-state index in [-0.39, 0.29) is 31.1 Å². The highest BCUT2D eigenvalue weighted by Crippen LogP contribution is 2.18. The molecular weight excluding hydrogens is 853 g/mol. The van der Waals surface area contributed by atoms with Crippen molar-refractivity contribution in [3.63, 3.8) is 0 Å². The monoisotopic (exact) mass is 975 g/mol. The van der Waals surface area contributed by atoms with Crippen molar-refractivity contribution in [2.24, 2.45) is 0 Å². The second kappa shape index (κ2) is 59.0. The van der Waals surface area contributed by atoms with Crippen LogP contribution in [0.3, 0.4) is 0 Å². The number of hydrogen-bond donors (Lipinski definition) is 0. The Morgan fingerprint density at radius 1 is 0.232 bits per heavy atom. The van der Waals surface area contributed by atoms with Gasteiger partial charge in [-0.25, -0.2) is 0 Å². The molecule has 0 saturated heterocycles. The van der Waals surface area contributed by atoms with Crippen LogP contribution in [0.5, 0.6) is 0 Å². The van der Waals surface area contributed by atoms with Crippen molar-refractivity contribution in [2.75, 3.05) is 13.2 Å². The third-order valence-corrected chi connectivity index (χ3v) is 14.6. The predicted octanol–water partition coefficient (Wildman–Crippen LogP) is 21.1. The van der Waals surface area contributed by atoms with Crippen LogP contribution < -0.4 is 0 Å². The number of carbonyl (C=O) groups excluding carboxylic acids is 3. The number of ether oxygens (including phenoxy) is 3. The molecule has 0 aliphatic rings. The number of rotatable bonds is 59. The normalized spacial score (nSPS) is 11.9. The number of esters is 3. The second-order valence-corrected chi connectivity index (χ2v) is 21.7. The molecule has 0 heterocycles. The summed E-state index contributed by atoms with van der Waals surface area (Å²) in [6.07, 6.45) is 66.9. The molecule has 0 spiro atoms. The van der Waals surface area contributed by atoms with Gasteiger partial charge in [0.15, 0.2) is 6.10 Å². The molecule has 0 aromatic carbocycles. The van der Waals surface area contributed by atoms with E-state index in [4.69, 9.17) is 14.2 Å². The molecule has 6 heteroatoms. The van der Waals surface area contributed by atoms with Gasteiger partial charge in [0, 0.05) is 19.3 Å². The number of carbonyl (C=O) groups is 3. The van der Waals surface area contributed by atoms with Gasteiger partial charge in [0.1, 0.15) is 13.2 Å². The molecule has 0 fully saturated rings. The largest absolute Gasteiger partial charge is 0.462 e. The number of hydrogen-bond acceptors (Lipinski definition) is 6. The SMILES string of the molecule is CCCCCCCCCCCCCCCCCCCCCCCCCCC(=O)OCC(COC(=O)CCCCCCCCCCCCC)OC(=O)CCCCCCCCCCCCCCCCCC. The van der Waals surface area contributed by atoms with Gasteiger partial charge >= 0.3 is 17.9 Å². The zero-order valence-electron chi connectivity index (χ0n) is 47.1. The van der Waals surface area contributed by atoms with E-state index in [1.54, 1.807) is 0 Å². The Morgan fingerprint density at radius 2 is 0.391 bits per heavy atom. The molecule has 0 bridgehead atoms. The Hall–Kier alpha value is -1.59. The van der Waals surface area contributed by atoms with Crippen LogP contribution in [0.25, 0.3) is 0 Å². The average Bonchev–Trinajstić information content (AvgIpc) is 3.35. The smallest absolute Gasteiger partial charge is 0.306 e. The van der Waals surface area contributed by atoms with Crippen molar-refractivity contribution in [3.8, 4) is 0 Å². The van der Waals surface area contributed by atoms with Crippen LogP contribution in [-0.4, -0.2) is 37.2 Å². The molecule has 0 rings (SSSR count). The van der Waals surface area contributed by atoms with Gasteiger partial charge in [-0.1, -0.05) is 329 Å². The Bertz CT molecular complexity index is 1030. The zero-order valence-corrected chi connectivity index (χ0v) is 47.1. The first-order chi connectivity index (χ1) is 34.0. The van der Waals surface area contributed by atoms with E-state index in [0.29, 0.717) is 19.3 Å². The van der Waals surface area contributed by atoms with Gasteiger partial charge in [0.25, 0.3) is 0 Å². The quantitative estimate of drug-likeness (QED) is 0.0343. The zero-order chi connectivity index (χ0) is 50.0. The maximum absolute atomic E-state index is 12.9. The highest BCUT2D eigenvalue weighted by molar-refractivity contribution is 5.71. The first kappa shape index (κ1) is 67.4. The lowest BCUT2D eigenvalue weighted by Crippen LogP contribution is -2.30. The van der Waals surface area contributed by atoms with Crippen LogP contribution in [0.1, 0.15) is 367 Å². The van der Waals surface area contributed by atoms with Gasteiger partial charge in [-0.05, 0) is 19.3 Å². The molecule has 6 nitrogen and oxygen atoms in total. The Balaban J connectivity index is 4.16. The van der Waals surface area contributed by atoms with Crippen molar-refractivity contribution >= 4 is 17.9 Å². The molecular formula is C63H122O6. The van der Waals surface area contributed by atoms with E-state index in [1.807, 2.05) is 0 Å². The Kier molecular flexibility index (Phi) is 57.6. The highest BCUT2D eigenvalue weighted by atomic mass is 16.6. The summed E-state index contributed by atoms with van der Waals surface area (Å²) in [5.41, 5.74) is 0. The fourth-order valence-corrected chi connectivity index (χ4v) is 9.86. The van der Waals surface area contributed by atoms with Gasteiger partial charge in [-0.3, -0.25) is 14.4 Å². The molecule has 0 aliphatic heterocycles. The standard InChI is InChI=1S/C63H122O6/c1-4-7-10-13-16-19-22-24-26-28-29-30-31-32-33-34-35-37-38-41-44-47-50-53-56-62(65)68-59-60(58-67-61(64)55-52-49-46-43-40-21-18-15-12-9-6-3)69-63(66)57-54-51-48-45-42-39-36-27-25-23-20-17-14-11-8-5-2/h60H,4-59H2,1-3H3. The summed E-state index contributed by atoms with van der Waals surface area (Å²) in [6, 6.07) is 0. The summed E-state index contributed by atoms with van der Waals surface area (Å²) in [7, 11) is 0. The lowest BCUT2D eigenvalue weighted by Gasteiger charge is -2.18. The minimum Gasteiger partial charge on any atom is -0.462 e. The van der Waals surface area contributed by atoms with Gasteiger partial charge in [0.2, 0.25) is 0 Å². The van der Waals surface area contributed by atoms with Crippen molar-refractivity contribution in [1.29, 1.82) is 0 Å². The molecule has 0 aromatic heterocycles. The van der Waals surface area contributed by atoms with Gasteiger partial charge in [0.05, 0.1) is 0 Å². The van der Waals surface area contributed by atoms with E-state index in [9.17, 15) is 14.4 Å². The van der Waals surface area contributed by atoms with Gasteiger partial charge in [-0.15, -0.1) is 0 Å². The molecule has 69 heavy (non-hydrogen) atoms. The van der Waals surface area contributed by atoms with E-state index < -0.39 is 6.10 Å². The van der Waals surface area contributed by atoms with E-state index in [0.717, 1.165) is 57.8 Å². The molecule has 0 aromatic rings. The van der Waals surface area contributed by atoms with Crippen LogP contribution in [0.4, 0.5) is 0 Å². The van der Waals surface area contributed by atoms with Crippen LogP contribution in [-0.2, 0) is 28.6 Å². The molecule has 0 amide bonds. The van der Waals surface area contributed by atoms with Crippen molar-refractivity contribution in [3.05, 3.63) is 0 Å². The van der Waals surface area contributed by atoms with Crippen molar-refractivity contribution < 1.29 is 28.6 Å². The Labute approximate surface area is 431 Å². The molecule has 1 unspecified atom stereocenters. The molecule has 0 N–H and O–H groups in total. The van der Waals surface area contributed by atoms with Gasteiger partial charge in [-0.2, -0.15) is 0 Å². The topological polar surface area (TPSA) is 78.9 Å². The highest BCUT2D eigenvalue weighted by Gasteiger charge is 2.19. The summed E-state index contributed by atoms with van der Waals surface area (Å²) in [5.74, 6) is -0.830. The molecule has 0 radical (unpaired) electrons. The molecule has 1 atom stereocenters. The van der Waals surface area contributed by atoms with Crippen molar-refractivity contribution in [1.82, 2.24) is 0 Å².